The Labute approximate surface area is 126 Å². The summed E-state index contributed by atoms with van der Waals surface area (Å²) >= 11 is 0. The maximum atomic E-state index is 13.2. The molecule has 22 heavy (non-hydrogen) atoms. The van der Waals surface area contributed by atoms with Crippen LogP contribution in [0.25, 0.3) is 0 Å². The lowest BCUT2D eigenvalue weighted by Crippen LogP contribution is -2.31. The van der Waals surface area contributed by atoms with E-state index in [1.165, 1.54) is 24.3 Å². The SMILES string of the molecule is Cc1cc(NC(=O)NC(C)c2ccc(F)c(F)c2)ccc1F. The van der Waals surface area contributed by atoms with Gasteiger partial charge in [0.15, 0.2) is 11.6 Å². The lowest BCUT2D eigenvalue weighted by atomic mass is 10.1. The summed E-state index contributed by atoms with van der Waals surface area (Å²) in [5.74, 6) is -2.27. The van der Waals surface area contributed by atoms with Crippen LogP contribution >= 0.6 is 0 Å². The normalized spacial score (nSPS) is 11.9. The molecule has 1 atom stereocenters. The van der Waals surface area contributed by atoms with E-state index in [4.69, 9.17) is 0 Å². The lowest BCUT2D eigenvalue weighted by molar-refractivity contribution is 0.249. The van der Waals surface area contributed by atoms with Crippen LogP contribution in [0.5, 0.6) is 0 Å². The van der Waals surface area contributed by atoms with Crippen molar-refractivity contribution in [1.29, 1.82) is 0 Å². The second-order valence-corrected chi connectivity index (χ2v) is 4.96. The van der Waals surface area contributed by atoms with E-state index in [-0.39, 0.29) is 5.82 Å². The zero-order valence-corrected chi connectivity index (χ0v) is 12.1. The summed E-state index contributed by atoms with van der Waals surface area (Å²) in [6.45, 7) is 3.23. The van der Waals surface area contributed by atoms with Gasteiger partial charge >= 0.3 is 6.03 Å². The molecule has 0 heterocycles. The van der Waals surface area contributed by atoms with Crippen molar-refractivity contribution in [1.82, 2.24) is 5.32 Å². The minimum Gasteiger partial charge on any atom is -0.331 e. The fourth-order valence-corrected chi connectivity index (χ4v) is 1.95. The molecule has 0 saturated carbocycles. The highest BCUT2D eigenvalue weighted by Gasteiger charge is 2.12. The van der Waals surface area contributed by atoms with Crippen molar-refractivity contribution in [2.75, 3.05) is 5.32 Å². The second-order valence-electron chi connectivity index (χ2n) is 4.96. The van der Waals surface area contributed by atoms with Crippen LogP contribution in [0, 0.1) is 24.4 Å². The summed E-state index contributed by atoms with van der Waals surface area (Å²) in [4.78, 5) is 11.9. The third-order valence-corrected chi connectivity index (χ3v) is 3.21. The largest absolute Gasteiger partial charge is 0.331 e. The number of benzene rings is 2. The van der Waals surface area contributed by atoms with E-state index >= 15 is 0 Å². The molecule has 0 aromatic heterocycles. The molecule has 0 aliphatic rings. The van der Waals surface area contributed by atoms with Crippen LogP contribution in [-0.2, 0) is 0 Å². The van der Waals surface area contributed by atoms with E-state index in [1.807, 2.05) is 0 Å². The molecule has 0 saturated heterocycles. The van der Waals surface area contributed by atoms with Crippen molar-refractivity contribution in [2.45, 2.75) is 19.9 Å². The van der Waals surface area contributed by atoms with Gasteiger partial charge in [0.2, 0.25) is 0 Å². The van der Waals surface area contributed by atoms with Crippen LogP contribution in [0.1, 0.15) is 24.1 Å². The summed E-state index contributed by atoms with van der Waals surface area (Å²) in [6, 6.07) is 6.57. The van der Waals surface area contributed by atoms with Gasteiger partial charge in [-0.05, 0) is 55.3 Å². The molecule has 0 radical (unpaired) electrons. The Hall–Kier alpha value is -2.50. The Balaban J connectivity index is 2.01. The highest BCUT2D eigenvalue weighted by Crippen LogP contribution is 2.17. The molecular weight excluding hydrogens is 293 g/mol. The molecule has 2 aromatic carbocycles. The zero-order chi connectivity index (χ0) is 16.3. The standard InChI is InChI=1S/C16H15F3N2O/c1-9-7-12(4-6-13(9)17)21-16(22)20-10(2)11-3-5-14(18)15(19)8-11/h3-8,10H,1-2H3,(H2,20,21,22). The van der Waals surface area contributed by atoms with Gasteiger partial charge in [-0.2, -0.15) is 0 Å². The van der Waals surface area contributed by atoms with Gasteiger partial charge < -0.3 is 10.6 Å². The molecule has 0 bridgehead atoms. The quantitative estimate of drug-likeness (QED) is 0.872. The molecule has 0 aliphatic carbocycles. The molecule has 2 amide bonds. The van der Waals surface area contributed by atoms with Gasteiger partial charge in [-0.25, -0.2) is 18.0 Å². The van der Waals surface area contributed by atoms with Gasteiger partial charge in [-0.3, -0.25) is 0 Å². The number of nitrogens with one attached hydrogen (secondary N) is 2. The van der Waals surface area contributed by atoms with Gasteiger partial charge in [0.1, 0.15) is 5.82 Å². The molecule has 0 aliphatic heterocycles. The Morgan fingerprint density at radius 1 is 1.00 bits per heavy atom. The number of carbonyl (C=O) groups is 1. The summed E-state index contributed by atoms with van der Waals surface area (Å²) in [5.41, 5.74) is 1.28. The van der Waals surface area contributed by atoms with Crippen LogP contribution in [-0.4, -0.2) is 6.03 Å². The van der Waals surface area contributed by atoms with Crippen LogP contribution in [0.3, 0.4) is 0 Å². The predicted octanol–water partition coefficient (Wildman–Crippen LogP) is 4.30. The first-order chi connectivity index (χ1) is 10.4. The topological polar surface area (TPSA) is 41.1 Å². The number of hydrogen-bond donors (Lipinski definition) is 2. The van der Waals surface area contributed by atoms with Crippen LogP contribution < -0.4 is 10.6 Å². The molecule has 2 rings (SSSR count). The molecule has 1 unspecified atom stereocenters. The Bertz CT molecular complexity index is 704. The summed E-state index contributed by atoms with van der Waals surface area (Å²) in [6.07, 6.45) is 0. The maximum Gasteiger partial charge on any atom is 0.319 e. The van der Waals surface area contributed by atoms with Crippen molar-refractivity contribution < 1.29 is 18.0 Å². The maximum absolute atomic E-state index is 13.2. The molecule has 6 heteroatoms. The smallest absolute Gasteiger partial charge is 0.319 e. The Kier molecular flexibility index (Phi) is 4.70. The van der Waals surface area contributed by atoms with Gasteiger partial charge in [0.25, 0.3) is 0 Å². The number of rotatable bonds is 3. The van der Waals surface area contributed by atoms with Crippen molar-refractivity contribution >= 4 is 11.7 Å². The number of hydrogen-bond acceptors (Lipinski definition) is 1. The summed E-state index contributed by atoms with van der Waals surface area (Å²) in [7, 11) is 0. The van der Waals surface area contributed by atoms with Crippen LogP contribution in [0.2, 0.25) is 0 Å². The average molecular weight is 308 g/mol. The first-order valence-electron chi connectivity index (χ1n) is 6.65. The van der Waals surface area contributed by atoms with Crippen molar-refractivity contribution in [2.24, 2.45) is 0 Å². The van der Waals surface area contributed by atoms with E-state index in [2.05, 4.69) is 10.6 Å². The second kappa shape index (κ2) is 6.51. The third-order valence-electron chi connectivity index (χ3n) is 3.21. The number of amides is 2. The first kappa shape index (κ1) is 15.9. The minimum atomic E-state index is -0.972. The minimum absolute atomic E-state index is 0.360. The summed E-state index contributed by atoms with van der Waals surface area (Å²) < 4.78 is 39.2. The fraction of sp³-hybridized carbons (Fsp3) is 0.188. The van der Waals surface area contributed by atoms with Gasteiger partial charge in [-0.15, -0.1) is 0 Å². The van der Waals surface area contributed by atoms with Crippen LogP contribution in [0.4, 0.5) is 23.7 Å². The molecular formula is C16H15F3N2O. The predicted molar refractivity (Wildman–Crippen MR) is 78.1 cm³/mol. The molecule has 0 spiro atoms. The highest BCUT2D eigenvalue weighted by atomic mass is 19.2. The van der Waals surface area contributed by atoms with Crippen molar-refractivity contribution in [3.63, 3.8) is 0 Å². The Morgan fingerprint density at radius 2 is 1.68 bits per heavy atom. The van der Waals surface area contributed by atoms with Gasteiger partial charge in [-0.1, -0.05) is 6.07 Å². The molecule has 0 fully saturated rings. The van der Waals surface area contributed by atoms with Crippen molar-refractivity contribution in [3.8, 4) is 0 Å². The lowest BCUT2D eigenvalue weighted by Gasteiger charge is -2.15. The highest BCUT2D eigenvalue weighted by molar-refractivity contribution is 5.89. The first-order valence-corrected chi connectivity index (χ1v) is 6.65. The monoisotopic (exact) mass is 308 g/mol. The van der Waals surface area contributed by atoms with Gasteiger partial charge in [0, 0.05) is 5.69 Å². The number of aryl methyl sites for hydroxylation is 1. The third kappa shape index (κ3) is 3.78. The van der Waals surface area contributed by atoms with E-state index in [0.717, 1.165) is 12.1 Å². The molecule has 2 N–H and O–H groups in total. The van der Waals surface area contributed by atoms with E-state index < -0.39 is 23.7 Å². The molecule has 116 valence electrons. The molecule has 2 aromatic rings. The number of urea groups is 1. The number of anilines is 1. The average Bonchev–Trinajstić information content (AvgIpc) is 2.45. The molecule has 3 nitrogen and oxygen atoms in total. The van der Waals surface area contributed by atoms with Crippen molar-refractivity contribution in [3.05, 3.63) is 65.0 Å². The van der Waals surface area contributed by atoms with E-state index in [0.29, 0.717) is 16.8 Å². The Morgan fingerprint density at radius 3 is 2.32 bits per heavy atom. The fourth-order valence-electron chi connectivity index (χ4n) is 1.95. The van der Waals surface area contributed by atoms with E-state index in [9.17, 15) is 18.0 Å². The number of halogens is 3. The van der Waals surface area contributed by atoms with Crippen LogP contribution in [0.15, 0.2) is 36.4 Å². The number of carbonyl (C=O) groups excluding carboxylic acids is 1. The zero-order valence-electron chi connectivity index (χ0n) is 12.1. The van der Waals surface area contributed by atoms with Gasteiger partial charge in [0.05, 0.1) is 6.04 Å². The summed E-state index contributed by atoms with van der Waals surface area (Å²) in [5, 5.41) is 5.14. The van der Waals surface area contributed by atoms with E-state index in [1.54, 1.807) is 13.8 Å².